The van der Waals surface area contributed by atoms with Gasteiger partial charge in [-0.05, 0) is 25.0 Å². The molecular weight excluding hydrogens is 270 g/mol. The number of anilines is 1. The number of carbonyl (C=O) groups is 2. The second-order valence-electron chi connectivity index (χ2n) is 5.46. The van der Waals surface area contributed by atoms with Gasteiger partial charge in [0.25, 0.3) is 0 Å². The summed E-state index contributed by atoms with van der Waals surface area (Å²) in [4.78, 5) is 25.4. The van der Waals surface area contributed by atoms with Crippen LogP contribution in [0.5, 0.6) is 5.75 Å². The highest BCUT2D eigenvalue weighted by Crippen LogP contribution is 2.25. The van der Waals surface area contributed by atoms with E-state index in [4.69, 9.17) is 9.47 Å². The predicted molar refractivity (Wildman–Crippen MR) is 77.5 cm³/mol. The van der Waals surface area contributed by atoms with Crippen LogP contribution in [-0.2, 0) is 14.3 Å². The lowest BCUT2D eigenvalue weighted by Crippen LogP contribution is -2.24. The average molecular weight is 289 g/mol. The number of carbonyl (C=O) groups excluding carboxylic acids is 2. The first-order valence-electron chi connectivity index (χ1n) is 7.38. The van der Waals surface area contributed by atoms with Gasteiger partial charge in [0.2, 0.25) is 5.91 Å². The maximum atomic E-state index is 11.9. The van der Waals surface area contributed by atoms with Crippen molar-refractivity contribution in [3.05, 3.63) is 24.3 Å². The Hall–Kier alpha value is -1.88. The SMILES string of the molecule is O=C(COc1cccc(N2CCCC2=O)c1)C1CCOC1. The highest BCUT2D eigenvalue weighted by atomic mass is 16.5. The zero-order valence-corrected chi connectivity index (χ0v) is 11.9. The topological polar surface area (TPSA) is 55.8 Å². The van der Waals surface area contributed by atoms with Crippen molar-refractivity contribution in [2.45, 2.75) is 19.3 Å². The van der Waals surface area contributed by atoms with Gasteiger partial charge >= 0.3 is 0 Å². The summed E-state index contributed by atoms with van der Waals surface area (Å²) in [6, 6.07) is 7.37. The summed E-state index contributed by atoms with van der Waals surface area (Å²) in [5.41, 5.74) is 0.839. The van der Waals surface area contributed by atoms with E-state index >= 15 is 0 Å². The Bertz CT molecular complexity index is 537. The molecule has 1 amide bonds. The molecule has 2 heterocycles. The monoisotopic (exact) mass is 289 g/mol. The first kappa shape index (κ1) is 14.1. The Labute approximate surface area is 123 Å². The maximum Gasteiger partial charge on any atom is 0.227 e. The van der Waals surface area contributed by atoms with Gasteiger partial charge in [0.05, 0.1) is 6.61 Å². The lowest BCUT2D eigenvalue weighted by Gasteiger charge is -2.17. The van der Waals surface area contributed by atoms with Crippen LogP contribution in [0, 0.1) is 5.92 Å². The number of nitrogens with zero attached hydrogens (tertiary/aromatic N) is 1. The molecule has 2 fully saturated rings. The normalized spacial score (nSPS) is 21.8. The minimum atomic E-state index is -0.0339. The number of amides is 1. The van der Waals surface area contributed by atoms with Crippen LogP contribution in [0.4, 0.5) is 5.69 Å². The van der Waals surface area contributed by atoms with Crippen molar-refractivity contribution in [2.24, 2.45) is 5.92 Å². The van der Waals surface area contributed by atoms with Crippen LogP contribution in [0.1, 0.15) is 19.3 Å². The second-order valence-corrected chi connectivity index (χ2v) is 5.46. The van der Waals surface area contributed by atoms with Gasteiger partial charge in [0.15, 0.2) is 5.78 Å². The van der Waals surface area contributed by atoms with Crippen molar-refractivity contribution in [1.82, 2.24) is 0 Å². The van der Waals surface area contributed by atoms with Gasteiger partial charge in [0.1, 0.15) is 12.4 Å². The molecule has 0 saturated carbocycles. The highest BCUT2D eigenvalue weighted by molar-refractivity contribution is 5.95. The Morgan fingerprint density at radius 2 is 2.33 bits per heavy atom. The van der Waals surface area contributed by atoms with E-state index in [1.807, 2.05) is 24.3 Å². The fourth-order valence-corrected chi connectivity index (χ4v) is 2.72. The van der Waals surface area contributed by atoms with Gasteiger partial charge in [-0.15, -0.1) is 0 Å². The predicted octanol–water partition coefficient (Wildman–Crippen LogP) is 1.80. The van der Waals surface area contributed by atoms with Crippen molar-refractivity contribution >= 4 is 17.4 Å². The fraction of sp³-hybridized carbons (Fsp3) is 0.500. The van der Waals surface area contributed by atoms with Gasteiger partial charge in [-0.3, -0.25) is 9.59 Å². The number of ether oxygens (including phenoxy) is 2. The highest BCUT2D eigenvalue weighted by Gasteiger charge is 2.24. The molecule has 0 aliphatic carbocycles. The molecule has 2 aliphatic heterocycles. The first-order chi connectivity index (χ1) is 10.2. The molecule has 5 heteroatoms. The Morgan fingerprint density at radius 3 is 3.05 bits per heavy atom. The molecular formula is C16H19NO4. The number of hydrogen-bond acceptors (Lipinski definition) is 4. The van der Waals surface area contributed by atoms with E-state index in [1.165, 1.54) is 0 Å². The van der Waals surface area contributed by atoms with Crippen LogP contribution >= 0.6 is 0 Å². The molecule has 0 bridgehead atoms. The van der Waals surface area contributed by atoms with Crippen LogP contribution in [-0.4, -0.2) is 38.1 Å². The number of ketones is 1. The van der Waals surface area contributed by atoms with Crippen molar-refractivity contribution in [2.75, 3.05) is 31.3 Å². The van der Waals surface area contributed by atoms with Crippen molar-refractivity contribution in [1.29, 1.82) is 0 Å². The molecule has 21 heavy (non-hydrogen) atoms. The fourth-order valence-electron chi connectivity index (χ4n) is 2.72. The third-order valence-electron chi connectivity index (χ3n) is 3.97. The van der Waals surface area contributed by atoms with Crippen LogP contribution in [0.2, 0.25) is 0 Å². The van der Waals surface area contributed by atoms with Crippen molar-refractivity contribution in [3.63, 3.8) is 0 Å². The molecule has 1 aromatic carbocycles. The molecule has 2 saturated heterocycles. The van der Waals surface area contributed by atoms with Crippen LogP contribution in [0.15, 0.2) is 24.3 Å². The van der Waals surface area contributed by atoms with E-state index in [1.54, 1.807) is 4.90 Å². The first-order valence-corrected chi connectivity index (χ1v) is 7.38. The molecule has 112 valence electrons. The largest absolute Gasteiger partial charge is 0.486 e. The van der Waals surface area contributed by atoms with Gasteiger partial charge in [0, 0.05) is 37.2 Å². The van der Waals surface area contributed by atoms with E-state index in [9.17, 15) is 9.59 Å². The van der Waals surface area contributed by atoms with Crippen molar-refractivity contribution < 1.29 is 19.1 Å². The number of benzene rings is 1. The lowest BCUT2D eigenvalue weighted by atomic mass is 10.0. The Morgan fingerprint density at radius 1 is 1.43 bits per heavy atom. The summed E-state index contributed by atoms with van der Waals surface area (Å²) in [5.74, 6) is 0.814. The summed E-state index contributed by atoms with van der Waals surface area (Å²) in [6.07, 6.45) is 2.28. The third kappa shape index (κ3) is 3.24. The molecule has 0 aromatic heterocycles. The molecule has 3 rings (SSSR count). The number of rotatable bonds is 5. The molecule has 1 unspecified atom stereocenters. The smallest absolute Gasteiger partial charge is 0.227 e. The quantitative estimate of drug-likeness (QED) is 0.829. The van der Waals surface area contributed by atoms with E-state index in [0.29, 0.717) is 25.4 Å². The van der Waals surface area contributed by atoms with E-state index in [-0.39, 0.29) is 24.2 Å². The standard InChI is InChI=1S/C16H19NO4/c18-15(12-6-8-20-10-12)11-21-14-4-1-3-13(9-14)17-7-2-5-16(17)19/h1,3-4,9,12H,2,5-8,10-11H2. The lowest BCUT2D eigenvalue weighted by molar-refractivity contribution is -0.124. The molecule has 0 N–H and O–H groups in total. The zero-order chi connectivity index (χ0) is 14.7. The van der Waals surface area contributed by atoms with Crippen LogP contribution in [0.3, 0.4) is 0 Å². The minimum Gasteiger partial charge on any atom is -0.486 e. The zero-order valence-electron chi connectivity index (χ0n) is 11.9. The average Bonchev–Trinajstić information content (AvgIpc) is 3.16. The van der Waals surface area contributed by atoms with Gasteiger partial charge < -0.3 is 14.4 Å². The molecule has 1 aromatic rings. The molecule has 0 radical (unpaired) electrons. The maximum absolute atomic E-state index is 11.9. The van der Waals surface area contributed by atoms with Gasteiger partial charge in [-0.2, -0.15) is 0 Å². The van der Waals surface area contributed by atoms with E-state index in [2.05, 4.69) is 0 Å². The van der Waals surface area contributed by atoms with E-state index < -0.39 is 0 Å². The summed E-state index contributed by atoms with van der Waals surface area (Å²) in [7, 11) is 0. The number of hydrogen-bond donors (Lipinski definition) is 0. The van der Waals surface area contributed by atoms with Gasteiger partial charge in [-0.25, -0.2) is 0 Å². The second kappa shape index (κ2) is 6.26. The summed E-state index contributed by atoms with van der Waals surface area (Å²) < 4.78 is 10.8. The van der Waals surface area contributed by atoms with Crippen LogP contribution < -0.4 is 9.64 Å². The number of Topliss-reactive ketones (excluding diaryl/α,β-unsaturated/α-hetero) is 1. The summed E-state index contributed by atoms with van der Waals surface area (Å²) in [6.45, 7) is 1.97. The Kier molecular flexibility index (Phi) is 4.20. The molecule has 2 aliphatic rings. The molecule has 5 nitrogen and oxygen atoms in total. The minimum absolute atomic E-state index is 0.0339. The molecule has 1 atom stereocenters. The van der Waals surface area contributed by atoms with Crippen LogP contribution in [0.25, 0.3) is 0 Å². The molecule has 0 spiro atoms. The summed E-state index contributed by atoms with van der Waals surface area (Å²) in [5, 5.41) is 0. The van der Waals surface area contributed by atoms with Crippen molar-refractivity contribution in [3.8, 4) is 5.75 Å². The van der Waals surface area contributed by atoms with Gasteiger partial charge in [-0.1, -0.05) is 6.07 Å². The Balaban J connectivity index is 1.60. The third-order valence-corrected chi connectivity index (χ3v) is 3.97. The van der Waals surface area contributed by atoms with E-state index in [0.717, 1.165) is 25.1 Å². The summed E-state index contributed by atoms with van der Waals surface area (Å²) >= 11 is 0.